The molecule has 0 aliphatic heterocycles. The van der Waals surface area contributed by atoms with Gasteiger partial charge in [0.25, 0.3) is 0 Å². The van der Waals surface area contributed by atoms with E-state index in [0.29, 0.717) is 17.0 Å². The highest BCUT2D eigenvalue weighted by Crippen LogP contribution is 2.35. The van der Waals surface area contributed by atoms with Gasteiger partial charge in [-0.05, 0) is 62.9 Å². The summed E-state index contributed by atoms with van der Waals surface area (Å²) >= 11 is 1.24. The van der Waals surface area contributed by atoms with Crippen molar-refractivity contribution < 1.29 is 18.8 Å². The zero-order valence-corrected chi connectivity index (χ0v) is 21.0. The average Bonchev–Trinajstić information content (AvgIpc) is 3.35. The summed E-state index contributed by atoms with van der Waals surface area (Å²) in [4.78, 5) is 42.8. The Kier molecular flexibility index (Phi) is 9.40. The van der Waals surface area contributed by atoms with Crippen LogP contribution in [-0.2, 0) is 9.59 Å². The van der Waals surface area contributed by atoms with Crippen molar-refractivity contribution in [2.45, 2.75) is 63.8 Å². The lowest BCUT2D eigenvalue weighted by Gasteiger charge is -2.32. The van der Waals surface area contributed by atoms with Crippen molar-refractivity contribution in [2.24, 2.45) is 17.6 Å². The van der Waals surface area contributed by atoms with Crippen LogP contribution in [0.1, 0.15) is 78.8 Å². The Morgan fingerprint density at radius 3 is 2.43 bits per heavy atom. The maximum atomic E-state index is 13.7. The molecule has 1 aromatic carbocycles. The van der Waals surface area contributed by atoms with Gasteiger partial charge in [-0.2, -0.15) is 0 Å². The molecule has 1 fully saturated rings. The van der Waals surface area contributed by atoms with Crippen molar-refractivity contribution in [2.75, 3.05) is 7.05 Å². The zero-order chi connectivity index (χ0) is 25.5. The average molecular weight is 501 g/mol. The molecule has 9 heteroatoms. The highest BCUT2D eigenvalue weighted by molar-refractivity contribution is 7.10. The van der Waals surface area contributed by atoms with Crippen LogP contribution in [-0.4, -0.2) is 41.3 Å². The van der Waals surface area contributed by atoms with Gasteiger partial charge in [-0.3, -0.25) is 14.4 Å². The molecule has 0 saturated heterocycles. The van der Waals surface area contributed by atoms with Gasteiger partial charge in [-0.25, -0.2) is 9.37 Å². The summed E-state index contributed by atoms with van der Waals surface area (Å²) in [5.74, 6) is -2.45. The summed E-state index contributed by atoms with van der Waals surface area (Å²) in [6, 6.07) is 4.62. The predicted octanol–water partition coefficient (Wildman–Crippen LogP) is 4.26. The second-order valence-electron chi connectivity index (χ2n) is 9.13. The van der Waals surface area contributed by atoms with E-state index in [0.717, 1.165) is 32.1 Å². The SMILES string of the molecule is CC[C@@H](C(=N)C(=O)[C@@H](CC(NC)C(N)=O)C1CCCCC1)c1nc(C(=O)c2ccc(F)cc2)cs1. The van der Waals surface area contributed by atoms with E-state index in [4.69, 9.17) is 11.1 Å². The van der Waals surface area contributed by atoms with Gasteiger partial charge in [0.2, 0.25) is 11.7 Å². The quantitative estimate of drug-likeness (QED) is 0.297. The van der Waals surface area contributed by atoms with Crippen molar-refractivity contribution in [3.8, 4) is 0 Å². The molecule has 0 bridgehead atoms. The van der Waals surface area contributed by atoms with Gasteiger partial charge >= 0.3 is 0 Å². The topological polar surface area (TPSA) is 126 Å². The number of hydrogen-bond acceptors (Lipinski definition) is 7. The summed E-state index contributed by atoms with van der Waals surface area (Å²) < 4.78 is 13.2. The maximum absolute atomic E-state index is 13.7. The summed E-state index contributed by atoms with van der Waals surface area (Å²) in [6.07, 6.45) is 5.71. The molecule has 3 rings (SSSR count). The number of primary amides is 1. The van der Waals surface area contributed by atoms with Gasteiger partial charge in [-0.1, -0.05) is 26.2 Å². The van der Waals surface area contributed by atoms with Crippen LogP contribution in [0.5, 0.6) is 0 Å². The number of benzene rings is 1. The monoisotopic (exact) mass is 500 g/mol. The molecule has 3 atom stereocenters. The van der Waals surface area contributed by atoms with Crippen LogP contribution in [0.3, 0.4) is 0 Å². The Morgan fingerprint density at radius 1 is 1.20 bits per heavy atom. The Balaban J connectivity index is 1.82. The molecule has 1 heterocycles. The molecule has 1 amide bonds. The lowest BCUT2D eigenvalue weighted by atomic mass is 9.73. The van der Waals surface area contributed by atoms with Gasteiger partial charge in [-0.15, -0.1) is 11.3 Å². The molecule has 2 aromatic rings. The van der Waals surface area contributed by atoms with E-state index < -0.39 is 29.6 Å². The first-order chi connectivity index (χ1) is 16.8. The fourth-order valence-corrected chi connectivity index (χ4v) is 5.85. The number of rotatable bonds is 12. The molecule has 1 aromatic heterocycles. The fraction of sp³-hybridized carbons (Fsp3) is 0.500. The van der Waals surface area contributed by atoms with E-state index in [1.807, 2.05) is 6.92 Å². The summed E-state index contributed by atoms with van der Waals surface area (Å²) in [5.41, 5.74) is 6.03. The van der Waals surface area contributed by atoms with E-state index in [2.05, 4.69) is 10.3 Å². The minimum absolute atomic E-state index is 0.0440. The highest BCUT2D eigenvalue weighted by Gasteiger charge is 2.37. The molecule has 1 saturated carbocycles. The first-order valence-electron chi connectivity index (χ1n) is 12.1. The lowest BCUT2D eigenvalue weighted by molar-refractivity contribution is -0.122. The minimum Gasteiger partial charge on any atom is -0.368 e. The second kappa shape index (κ2) is 12.3. The maximum Gasteiger partial charge on any atom is 0.234 e. The summed E-state index contributed by atoms with van der Waals surface area (Å²) in [6.45, 7) is 1.88. The van der Waals surface area contributed by atoms with Gasteiger partial charge < -0.3 is 16.5 Å². The molecule has 188 valence electrons. The smallest absolute Gasteiger partial charge is 0.234 e. The molecule has 35 heavy (non-hydrogen) atoms. The molecule has 1 aliphatic carbocycles. The standard InChI is InChI=1S/C26H33FN4O3S/c1-3-18(26-31-21(14-35-26)23(32)16-9-11-17(27)12-10-16)22(28)24(33)19(13-20(30-2)25(29)34)15-7-5-4-6-8-15/h9-12,14-15,18-20,28,30H,3-8,13H2,1-2H3,(H2,29,34)/t18-,19-,20?/m0/s1. The van der Waals surface area contributed by atoms with E-state index in [1.165, 1.54) is 35.6 Å². The van der Waals surface area contributed by atoms with Crippen molar-refractivity contribution >= 4 is 34.5 Å². The van der Waals surface area contributed by atoms with E-state index in [1.54, 1.807) is 12.4 Å². The Morgan fingerprint density at radius 2 is 1.86 bits per heavy atom. The number of thiazole rings is 1. The highest BCUT2D eigenvalue weighted by atomic mass is 32.1. The number of ketones is 2. The Bertz CT molecular complexity index is 1060. The van der Waals surface area contributed by atoms with Crippen LogP contribution in [0.4, 0.5) is 4.39 Å². The van der Waals surface area contributed by atoms with Gasteiger partial charge in [0.05, 0.1) is 17.7 Å². The number of aromatic nitrogens is 1. The van der Waals surface area contributed by atoms with E-state index in [-0.39, 0.29) is 35.3 Å². The van der Waals surface area contributed by atoms with Crippen LogP contribution in [0, 0.1) is 23.1 Å². The van der Waals surface area contributed by atoms with E-state index in [9.17, 15) is 18.8 Å². The van der Waals surface area contributed by atoms with Crippen LogP contribution in [0.15, 0.2) is 29.6 Å². The third-order valence-electron chi connectivity index (χ3n) is 6.92. The molecule has 1 unspecified atom stereocenters. The first kappa shape index (κ1) is 26.8. The number of nitrogens with one attached hydrogen (secondary N) is 2. The van der Waals surface area contributed by atoms with Crippen molar-refractivity contribution in [3.05, 3.63) is 51.7 Å². The Labute approximate surface area is 209 Å². The van der Waals surface area contributed by atoms with Crippen molar-refractivity contribution in [3.63, 3.8) is 0 Å². The van der Waals surface area contributed by atoms with Crippen molar-refractivity contribution in [1.82, 2.24) is 10.3 Å². The normalized spacial score (nSPS) is 16.9. The summed E-state index contributed by atoms with van der Waals surface area (Å²) in [5, 5.41) is 13.9. The molecule has 4 N–H and O–H groups in total. The number of hydrogen-bond donors (Lipinski definition) is 3. The Hall–Kier alpha value is -2.78. The van der Waals surface area contributed by atoms with Crippen LogP contribution >= 0.6 is 11.3 Å². The first-order valence-corrected chi connectivity index (χ1v) is 13.0. The number of Topliss-reactive ketones (excluding diaryl/α,β-unsaturated/α-hetero) is 1. The van der Waals surface area contributed by atoms with Gasteiger partial charge in [0, 0.05) is 16.9 Å². The van der Waals surface area contributed by atoms with Crippen LogP contribution in [0.2, 0.25) is 0 Å². The number of halogens is 1. The van der Waals surface area contributed by atoms with Crippen molar-refractivity contribution in [1.29, 1.82) is 5.41 Å². The summed E-state index contributed by atoms with van der Waals surface area (Å²) in [7, 11) is 1.65. The number of carbonyl (C=O) groups excluding carboxylic acids is 3. The van der Waals surface area contributed by atoms with Gasteiger partial charge in [0.1, 0.15) is 16.5 Å². The third kappa shape index (κ3) is 6.46. The molecule has 1 aliphatic rings. The van der Waals surface area contributed by atoms with Gasteiger partial charge in [0.15, 0.2) is 5.78 Å². The molecular weight excluding hydrogens is 467 g/mol. The molecule has 0 radical (unpaired) electrons. The molecular formula is C26H33FN4O3S. The number of carbonyl (C=O) groups is 3. The van der Waals surface area contributed by atoms with E-state index >= 15 is 0 Å². The molecule has 0 spiro atoms. The fourth-order valence-electron chi connectivity index (χ4n) is 4.86. The third-order valence-corrected chi connectivity index (χ3v) is 7.88. The largest absolute Gasteiger partial charge is 0.368 e. The van der Waals surface area contributed by atoms with Crippen LogP contribution in [0.25, 0.3) is 0 Å². The zero-order valence-electron chi connectivity index (χ0n) is 20.2. The number of amides is 1. The van der Waals surface area contributed by atoms with Crippen LogP contribution < -0.4 is 11.1 Å². The number of nitrogens with two attached hydrogens (primary N) is 1. The number of nitrogens with zero attached hydrogens (tertiary/aromatic N) is 1. The molecule has 7 nitrogen and oxygen atoms in total. The lowest BCUT2D eigenvalue weighted by Crippen LogP contribution is -2.44. The minimum atomic E-state index is -0.640. The predicted molar refractivity (Wildman–Crippen MR) is 134 cm³/mol. The number of likely N-dealkylation sites (N-methyl/N-ethyl adjacent to an activating group) is 1. The second-order valence-corrected chi connectivity index (χ2v) is 10.0.